The Morgan fingerprint density at radius 1 is 0.558 bits per heavy atom. The first-order chi connectivity index (χ1) is 24.9. The molecule has 2 amide bonds. The summed E-state index contributed by atoms with van der Waals surface area (Å²) in [6, 6.07) is 24.1. The summed E-state index contributed by atoms with van der Waals surface area (Å²) in [6.45, 7) is 7.65. The molecule has 272 valence electrons. The number of benzene rings is 2. The Bertz CT molecular complexity index is 2000. The van der Waals surface area contributed by atoms with E-state index in [4.69, 9.17) is 0 Å². The second-order valence-electron chi connectivity index (χ2n) is 12.6. The summed E-state index contributed by atoms with van der Waals surface area (Å²) in [5, 5.41) is 6.11. The second-order valence-corrected chi connectivity index (χ2v) is 16.1. The quantitative estimate of drug-likeness (QED) is 0.214. The maximum atomic E-state index is 13.0. The van der Waals surface area contributed by atoms with Crippen LogP contribution in [0.25, 0.3) is 9.81 Å². The molecule has 4 heterocycles. The lowest BCUT2D eigenvalue weighted by Crippen LogP contribution is -2.39. The van der Waals surface area contributed by atoms with Gasteiger partial charge in [0.1, 0.15) is 21.2 Å². The number of nitrogens with one attached hydrogen (secondary N) is 2. The fraction of sp³-hybridized carbons (Fsp3) is 0.263. The van der Waals surface area contributed by atoms with E-state index in [9.17, 15) is 26.4 Å². The summed E-state index contributed by atoms with van der Waals surface area (Å²) in [5.41, 5.74) is 3.36. The van der Waals surface area contributed by atoms with E-state index in [1.165, 1.54) is 0 Å². The standard InChI is InChI=1S/2C19H21N3O3S/c1-14(2)22-19(23)17(21-12-10-15-7-6-11-20-13-15)18(26(22,24)25)16-8-4-3-5-9-16;1-14(2)22-19(23)17(21-13-10-15-8-11-20-12-9-15)18(26(22,24)25)16-6-4-3-5-7-16/h3-9,11,13-14,21H,10,12H2,1-2H3;3-9,11-12,14,21H,10,13H2,1-2H3. The van der Waals surface area contributed by atoms with Crippen LogP contribution >= 0.6 is 0 Å². The zero-order valence-corrected chi connectivity index (χ0v) is 31.1. The maximum absolute atomic E-state index is 13.0. The van der Waals surface area contributed by atoms with Gasteiger partial charge in [0.2, 0.25) is 0 Å². The van der Waals surface area contributed by atoms with Crippen molar-refractivity contribution in [1.82, 2.24) is 29.2 Å². The van der Waals surface area contributed by atoms with Crippen LogP contribution in [0.1, 0.15) is 49.9 Å². The number of rotatable bonds is 12. The van der Waals surface area contributed by atoms with Gasteiger partial charge in [0.05, 0.1) is 0 Å². The topological polar surface area (TPSA) is 159 Å². The first-order valence-electron chi connectivity index (χ1n) is 16.9. The molecule has 14 heteroatoms. The normalized spacial score (nSPS) is 16.4. The van der Waals surface area contributed by atoms with E-state index >= 15 is 0 Å². The highest BCUT2D eigenvalue weighted by Gasteiger charge is 2.46. The number of carbonyl (C=O) groups is 2. The molecule has 0 fully saturated rings. The van der Waals surface area contributed by atoms with Gasteiger partial charge in [-0.15, -0.1) is 0 Å². The third-order valence-electron chi connectivity index (χ3n) is 8.23. The largest absolute Gasteiger partial charge is 0.379 e. The molecule has 0 atom stereocenters. The fourth-order valence-corrected chi connectivity index (χ4v) is 9.77. The minimum absolute atomic E-state index is 0.0444. The van der Waals surface area contributed by atoms with Crippen molar-refractivity contribution in [2.24, 2.45) is 0 Å². The molecule has 0 bridgehead atoms. The fourth-order valence-electron chi connectivity index (χ4n) is 5.95. The SMILES string of the molecule is CC(C)N1C(=O)C(NCCc2cccnc2)=C(c2ccccc2)S1(=O)=O.CC(C)N1C(=O)C(NCCc2ccncc2)=C(c2ccccc2)S1(=O)=O. The maximum Gasteiger partial charge on any atom is 0.285 e. The van der Waals surface area contributed by atoms with E-state index in [2.05, 4.69) is 20.6 Å². The average Bonchev–Trinajstić information content (AvgIpc) is 3.45. The Kier molecular flexibility index (Phi) is 11.9. The molecule has 2 aliphatic heterocycles. The molecule has 2 aromatic heterocycles. The van der Waals surface area contributed by atoms with Crippen LogP contribution in [0.15, 0.2) is 121 Å². The van der Waals surface area contributed by atoms with E-state index in [0.717, 1.165) is 19.7 Å². The van der Waals surface area contributed by atoms with Crippen molar-refractivity contribution >= 4 is 41.7 Å². The summed E-state index contributed by atoms with van der Waals surface area (Å²) >= 11 is 0. The van der Waals surface area contributed by atoms with Crippen LogP contribution in [-0.2, 0) is 42.5 Å². The van der Waals surface area contributed by atoms with Crippen molar-refractivity contribution in [2.45, 2.75) is 52.6 Å². The van der Waals surface area contributed by atoms with E-state index in [-0.39, 0.29) is 21.2 Å². The Labute approximate surface area is 305 Å². The zero-order chi connectivity index (χ0) is 37.5. The number of amides is 2. The smallest absolute Gasteiger partial charge is 0.285 e. The Morgan fingerprint density at radius 2 is 1.00 bits per heavy atom. The number of hydrogen-bond donors (Lipinski definition) is 2. The molecular weight excluding hydrogens is 701 g/mol. The van der Waals surface area contributed by atoms with E-state index in [0.29, 0.717) is 37.1 Å². The van der Waals surface area contributed by atoms with Gasteiger partial charge in [-0.3, -0.25) is 19.6 Å². The lowest BCUT2D eigenvalue weighted by atomic mass is 10.1. The van der Waals surface area contributed by atoms with Gasteiger partial charge in [0.25, 0.3) is 31.9 Å². The van der Waals surface area contributed by atoms with Gasteiger partial charge in [-0.05, 0) is 81.0 Å². The monoisotopic (exact) mass is 742 g/mol. The summed E-state index contributed by atoms with van der Waals surface area (Å²) in [5.74, 6) is -1.02. The highest BCUT2D eigenvalue weighted by Crippen LogP contribution is 2.37. The lowest BCUT2D eigenvalue weighted by molar-refractivity contribution is -0.124. The van der Waals surface area contributed by atoms with Crippen LogP contribution in [0, 0.1) is 0 Å². The molecule has 0 saturated carbocycles. The number of pyridine rings is 2. The van der Waals surface area contributed by atoms with Crippen LogP contribution < -0.4 is 10.6 Å². The third-order valence-corrected chi connectivity index (χ3v) is 12.4. The molecule has 2 aromatic carbocycles. The Balaban J connectivity index is 0.000000201. The molecular formula is C38H42N6O6S2. The molecule has 0 spiro atoms. The van der Waals surface area contributed by atoms with Crippen molar-refractivity contribution in [1.29, 1.82) is 0 Å². The summed E-state index contributed by atoms with van der Waals surface area (Å²) in [4.78, 5) is 33.7. The predicted molar refractivity (Wildman–Crippen MR) is 200 cm³/mol. The molecule has 52 heavy (non-hydrogen) atoms. The molecule has 6 rings (SSSR count). The molecule has 0 aliphatic carbocycles. The number of sulfonamides is 2. The number of nitrogens with zero attached hydrogens (tertiary/aromatic N) is 4. The summed E-state index contributed by atoms with van der Waals surface area (Å²) in [7, 11) is -7.77. The van der Waals surface area contributed by atoms with Crippen molar-refractivity contribution in [2.75, 3.05) is 13.1 Å². The van der Waals surface area contributed by atoms with Gasteiger partial charge in [0, 0.05) is 50.0 Å². The van der Waals surface area contributed by atoms with Crippen molar-refractivity contribution in [3.8, 4) is 0 Å². The number of carbonyl (C=O) groups excluding carboxylic acids is 2. The van der Waals surface area contributed by atoms with Gasteiger partial charge < -0.3 is 10.6 Å². The first kappa shape index (κ1) is 37.9. The minimum Gasteiger partial charge on any atom is -0.379 e. The molecule has 2 N–H and O–H groups in total. The van der Waals surface area contributed by atoms with Gasteiger partial charge in [-0.2, -0.15) is 0 Å². The van der Waals surface area contributed by atoms with Crippen LogP contribution in [0.5, 0.6) is 0 Å². The Morgan fingerprint density at radius 3 is 1.40 bits per heavy atom. The molecule has 0 unspecified atom stereocenters. The second kappa shape index (κ2) is 16.3. The van der Waals surface area contributed by atoms with Gasteiger partial charge in [-0.1, -0.05) is 66.7 Å². The van der Waals surface area contributed by atoms with Crippen LogP contribution in [0.2, 0.25) is 0 Å². The molecule has 12 nitrogen and oxygen atoms in total. The van der Waals surface area contributed by atoms with Crippen LogP contribution in [-0.4, -0.2) is 72.4 Å². The lowest BCUT2D eigenvalue weighted by Gasteiger charge is -2.20. The third kappa shape index (κ3) is 8.08. The number of aromatic nitrogens is 2. The van der Waals surface area contributed by atoms with Gasteiger partial charge >= 0.3 is 0 Å². The highest BCUT2D eigenvalue weighted by molar-refractivity contribution is 8.00. The van der Waals surface area contributed by atoms with E-state index in [1.807, 2.05) is 36.4 Å². The van der Waals surface area contributed by atoms with Crippen molar-refractivity contribution in [3.05, 3.63) is 143 Å². The molecule has 4 aromatic rings. The summed E-state index contributed by atoms with van der Waals surface area (Å²) < 4.78 is 53.8. The summed E-state index contributed by atoms with van der Waals surface area (Å²) in [6.07, 6.45) is 8.14. The zero-order valence-electron chi connectivity index (χ0n) is 29.4. The molecule has 2 aliphatic rings. The average molecular weight is 743 g/mol. The predicted octanol–water partition coefficient (Wildman–Crippen LogP) is 4.33. The number of hydrogen-bond acceptors (Lipinski definition) is 10. The highest BCUT2D eigenvalue weighted by atomic mass is 32.2. The minimum atomic E-state index is -3.89. The Hall–Kier alpha value is -5.34. The first-order valence-corrected chi connectivity index (χ1v) is 19.8. The van der Waals surface area contributed by atoms with Crippen molar-refractivity contribution in [3.63, 3.8) is 0 Å². The molecule has 0 saturated heterocycles. The van der Waals surface area contributed by atoms with Crippen molar-refractivity contribution < 1.29 is 26.4 Å². The van der Waals surface area contributed by atoms with Gasteiger partial charge in [-0.25, -0.2) is 25.4 Å². The van der Waals surface area contributed by atoms with E-state index < -0.39 is 43.9 Å². The van der Waals surface area contributed by atoms with E-state index in [1.54, 1.807) is 101 Å². The van der Waals surface area contributed by atoms with Gasteiger partial charge in [0.15, 0.2) is 0 Å². The molecule has 0 radical (unpaired) electrons. The van der Waals surface area contributed by atoms with Crippen LogP contribution in [0.4, 0.5) is 0 Å². The van der Waals surface area contributed by atoms with Crippen LogP contribution in [0.3, 0.4) is 0 Å².